The summed E-state index contributed by atoms with van der Waals surface area (Å²) >= 11 is 5.99. The summed E-state index contributed by atoms with van der Waals surface area (Å²) in [6, 6.07) is 18.9. The smallest absolute Gasteiger partial charge is 0.131 e. The van der Waals surface area contributed by atoms with Crippen LogP contribution in [0.1, 0.15) is 16.7 Å². The van der Waals surface area contributed by atoms with Gasteiger partial charge in [0.2, 0.25) is 0 Å². The van der Waals surface area contributed by atoms with Gasteiger partial charge in [-0.05, 0) is 54.4 Å². The Labute approximate surface area is 162 Å². The first-order valence-electron chi connectivity index (χ1n) is 8.72. The summed E-state index contributed by atoms with van der Waals surface area (Å²) in [5.41, 5.74) is 2.14. The van der Waals surface area contributed by atoms with Crippen molar-refractivity contribution >= 4 is 11.6 Å². The van der Waals surface area contributed by atoms with Gasteiger partial charge in [-0.2, -0.15) is 0 Å². The molecule has 0 fully saturated rings. The molecule has 27 heavy (non-hydrogen) atoms. The summed E-state index contributed by atoms with van der Waals surface area (Å²) in [5.74, 6) is 0.0957. The highest BCUT2D eigenvalue weighted by atomic mass is 35.5. The van der Waals surface area contributed by atoms with E-state index in [4.69, 9.17) is 16.3 Å². The molecule has 0 unspecified atom stereocenters. The Morgan fingerprint density at radius 3 is 2.33 bits per heavy atom. The van der Waals surface area contributed by atoms with Gasteiger partial charge >= 0.3 is 0 Å². The van der Waals surface area contributed by atoms with Gasteiger partial charge in [-0.1, -0.05) is 48.0 Å². The zero-order valence-corrected chi connectivity index (χ0v) is 15.5. The Morgan fingerprint density at radius 2 is 1.59 bits per heavy atom. The maximum Gasteiger partial charge on any atom is 0.131 e. The SMILES string of the molecule is Fc1ccccc1CCNCc1ccc(OCc2c(F)cccc2Cl)cc1. The van der Waals surface area contributed by atoms with Crippen LogP contribution in [0.15, 0.2) is 66.7 Å². The first kappa shape index (κ1) is 19.3. The summed E-state index contributed by atoms with van der Waals surface area (Å²) in [6.45, 7) is 1.44. The van der Waals surface area contributed by atoms with E-state index in [1.165, 1.54) is 12.1 Å². The van der Waals surface area contributed by atoms with Crippen molar-refractivity contribution in [1.82, 2.24) is 5.32 Å². The van der Waals surface area contributed by atoms with E-state index in [2.05, 4.69) is 5.32 Å². The van der Waals surface area contributed by atoms with E-state index >= 15 is 0 Å². The minimum Gasteiger partial charge on any atom is -0.489 e. The van der Waals surface area contributed by atoms with Gasteiger partial charge in [0.25, 0.3) is 0 Å². The number of benzene rings is 3. The highest BCUT2D eigenvalue weighted by Crippen LogP contribution is 2.21. The number of hydrogen-bond donors (Lipinski definition) is 1. The van der Waals surface area contributed by atoms with Crippen LogP contribution in [0, 0.1) is 11.6 Å². The van der Waals surface area contributed by atoms with Gasteiger partial charge in [-0.15, -0.1) is 0 Å². The Balaban J connectivity index is 1.45. The fourth-order valence-electron chi connectivity index (χ4n) is 2.69. The summed E-state index contributed by atoms with van der Waals surface area (Å²) < 4.78 is 32.9. The molecule has 0 spiro atoms. The molecule has 0 radical (unpaired) electrons. The second-order valence-electron chi connectivity index (χ2n) is 6.15. The fraction of sp³-hybridized carbons (Fsp3) is 0.182. The van der Waals surface area contributed by atoms with Crippen molar-refractivity contribution in [2.24, 2.45) is 0 Å². The van der Waals surface area contributed by atoms with Crippen molar-refractivity contribution in [1.29, 1.82) is 0 Å². The van der Waals surface area contributed by atoms with Crippen LogP contribution in [-0.2, 0) is 19.6 Å². The lowest BCUT2D eigenvalue weighted by molar-refractivity contribution is 0.300. The molecule has 3 aromatic carbocycles. The average molecular weight is 388 g/mol. The largest absolute Gasteiger partial charge is 0.489 e. The standard InChI is InChI=1S/C22H20ClF2NO/c23-20-5-3-7-22(25)19(20)15-27-18-10-8-16(9-11-18)14-26-13-12-17-4-1-2-6-21(17)24/h1-11,26H,12-15H2. The summed E-state index contributed by atoms with van der Waals surface area (Å²) in [4.78, 5) is 0. The van der Waals surface area contributed by atoms with Crippen molar-refractivity contribution in [3.05, 3.63) is 100 Å². The molecule has 0 saturated heterocycles. The molecule has 0 aliphatic carbocycles. The van der Waals surface area contributed by atoms with Crippen molar-refractivity contribution in [3.8, 4) is 5.75 Å². The number of ether oxygens (including phenoxy) is 1. The quantitative estimate of drug-likeness (QED) is 0.513. The van der Waals surface area contributed by atoms with Crippen LogP contribution in [0.25, 0.3) is 0 Å². The Hall–Kier alpha value is -2.43. The molecule has 3 aromatic rings. The lowest BCUT2D eigenvalue weighted by Gasteiger charge is -2.10. The van der Waals surface area contributed by atoms with Gasteiger partial charge in [0, 0.05) is 12.1 Å². The summed E-state index contributed by atoms with van der Waals surface area (Å²) in [5, 5.41) is 3.65. The molecule has 140 valence electrons. The second kappa shape index (κ2) is 9.49. The van der Waals surface area contributed by atoms with Gasteiger partial charge in [-0.3, -0.25) is 0 Å². The molecule has 1 N–H and O–H groups in total. The third-order valence-electron chi connectivity index (χ3n) is 4.23. The number of hydrogen-bond acceptors (Lipinski definition) is 2. The van der Waals surface area contributed by atoms with Crippen LogP contribution in [0.3, 0.4) is 0 Å². The Morgan fingerprint density at radius 1 is 0.852 bits per heavy atom. The van der Waals surface area contributed by atoms with Gasteiger partial charge in [-0.25, -0.2) is 8.78 Å². The average Bonchev–Trinajstić information content (AvgIpc) is 2.67. The molecule has 0 amide bonds. The van der Waals surface area contributed by atoms with E-state index < -0.39 is 0 Å². The van der Waals surface area contributed by atoms with Gasteiger partial charge in [0.1, 0.15) is 24.0 Å². The zero-order valence-electron chi connectivity index (χ0n) is 14.7. The van der Waals surface area contributed by atoms with E-state index in [9.17, 15) is 8.78 Å². The fourth-order valence-corrected chi connectivity index (χ4v) is 2.90. The minimum absolute atomic E-state index is 0.0751. The predicted octanol–water partition coefficient (Wildman–Crippen LogP) is 5.53. The van der Waals surface area contributed by atoms with Crippen molar-refractivity contribution in [2.45, 2.75) is 19.6 Å². The van der Waals surface area contributed by atoms with Crippen LogP contribution in [0.4, 0.5) is 8.78 Å². The van der Waals surface area contributed by atoms with E-state index in [1.807, 2.05) is 30.3 Å². The van der Waals surface area contributed by atoms with E-state index in [1.54, 1.807) is 24.3 Å². The van der Waals surface area contributed by atoms with Crippen LogP contribution in [0.5, 0.6) is 5.75 Å². The monoisotopic (exact) mass is 387 g/mol. The second-order valence-corrected chi connectivity index (χ2v) is 6.56. The third kappa shape index (κ3) is 5.52. The van der Waals surface area contributed by atoms with Crippen LogP contribution < -0.4 is 10.1 Å². The molecule has 2 nitrogen and oxygen atoms in total. The predicted molar refractivity (Wildman–Crippen MR) is 104 cm³/mol. The Bertz CT molecular complexity index is 863. The first-order chi connectivity index (χ1) is 13.1. The zero-order chi connectivity index (χ0) is 19.1. The number of rotatable bonds is 8. The van der Waals surface area contributed by atoms with Crippen molar-refractivity contribution in [2.75, 3.05) is 6.54 Å². The van der Waals surface area contributed by atoms with Crippen LogP contribution in [0.2, 0.25) is 5.02 Å². The van der Waals surface area contributed by atoms with E-state index in [0.29, 0.717) is 41.4 Å². The molecular formula is C22H20ClF2NO. The lowest BCUT2D eigenvalue weighted by atomic mass is 10.1. The molecule has 0 atom stereocenters. The van der Waals surface area contributed by atoms with Crippen LogP contribution in [-0.4, -0.2) is 6.54 Å². The van der Waals surface area contributed by atoms with Gasteiger partial charge < -0.3 is 10.1 Å². The maximum atomic E-state index is 13.7. The minimum atomic E-state index is -0.377. The van der Waals surface area contributed by atoms with Gasteiger partial charge in [0.05, 0.1) is 5.02 Å². The topological polar surface area (TPSA) is 21.3 Å². The van der Waals surface area contributed by atoms with Crippen molar-refractivity contribution in [3.63, 3.8) is 0 Å². The molecule has 0 saturated carbocycles. The summed E-state index contributed by atoms with van der Waals surface area (Å²) in [7, 11) is 0. The number of nitrogens with one attached hydrogen (secondary N) is 1. The highest BCUT2D eigenvalue weighted by molar-refractivity contribution is 6.31. The van der Waals surface area contributed by atoms with Crippen LogP contribution >= 0.6 is 11.6 Å². The van der Waals surface area contributed by atoms with E-state index in [0.717, 1.165) is 5.56 Å². The third-order valence-corrected chi connectivity index (χ3v) is 4.58. The molecule has 5 heteroatoms. The molecule has 0 aliphatic heterocycles. The first-order valence-corrected chi connectivity index (χ1v) is 9.10. The van der Waals surface area contributed by atoms with Gasteiger partial charge in [0.15, 0.2) is 0 Å². The highest BCUT2D eigenvalue weighted by Gasteiger charge is 2.07. The molecule has 3 rings (SSSR count). The maximum absolute atomic E-state index is 13.7. The molecular weight excluding hydrogens is 368 g/mol. The summed E-state index contributed by atoms with van der Waals surface area (Å²) in [6.07, 6.45) is 0.636. The van der Waals surface area contributed by atoms with E-state index in [-0.39, 0.29) is 18.2 Å². The van der Waals surface area contributed by atoms with Crippen molar-refractivity contribution < 1.29 is 13.5 Å². The molecule has 0 aromatic heterocycles. The molecule has 0 aliphatic rings. The molecule has 0 bridgehead atoms. The molecule has 0 heterocycles. The normalized spacial score (nSPS) is 10.8. The number of halogens is 3. The lowest BCUT2D eigenvalue weighted by Crippen LogP contribution is -2.17. The Kier molecular flexibility index (Phi) is 6.80.